The zero-order valence-corrected chi connectivity index (χ0v) is 35.5. The maximum atomic E-state index is 12.1. The van der Waals surface area contributed by atoms with Gasteiger partial charge in [-0.1, -0.05) is 70.4 Å². The van der Waals surface area contributed by atoms with Crippen LogP contribution in [0.15, 0.2) is 23.8 Å². The fraction of sp³-hybridized carbons (Fsp3) is 0.800. The number of ether oxygens (including phenoxy) is 6. The van der Waals surface area contributed by atoms with Gasteiger partial charge in [-0.2, -0.15) is 0 Å². The van der Waals surface area contributed by atoms with Crippen molar-refractivity contribution >= 4 is 29.8 Å². The second-order valence-corrected chi connectivity index (χ2v) is 15.8. The van der Waals surface area contributed by atoms with Crippen LogP contribution >= 0.6 is 0 Å². The van der Waals surface area contributed by atoms with Crippen molar-refractivity contribution in [3.05, 3.63) is 23.8 Å². The largest absolute Gasteiger partial charge is 0.462 e. The minimum absolute atomic E-state index is 0.0290. The first-order valence-corrected chi connectivity index (χ1v) is 21.8. The van der Waals surface area contributed by atoms with Crippen molar-refractivity contribution in [2.45, 2.75) is 232 Å². The van der Waals surface area contributed by atoms with E-state index in [0.29, 0.717) is 31.3 Å². The molecule has 2 unspecified atom stereocenters. The van der Waals surface area contributed by atoms with Gasteiger partial charge in [0.1, 0.15) is 30.5 Å². The van der Waals surface area contributed by atoms with E-state index in [1.807, 2.05) is 0 Å². The van der Waals surface area contributed by atoms with Gasteiger partial charge >= 0.3 is 29.8 Å². The minimum Gasteiger partial charge on any atom is -0.462 e. The lowest BCUT2D eigenvalue weighted by atomic mass is 9.98. The van der Waals surface area contributed by atoms with Gasteiger partial charge in [-0.25, -0.2) is 4.79 Å². The lowest BCUT2D eigenvalue weighted by molar-refractivity contribution is -0.166. The van der Waals surface area contributed by atoms with E-state index >= 15 is 0 Å². The molecular formula is C45H74O11. The maximum absolute atomic E-state index is 12.1. The Morgan fingerprint density at radius 2 is 1.21 bits per heavy atom. The highest BCUT2D eigenvalue weighted by Gasteiger charge is 2.34. The first kappa shape index (κ1) is 48.9. The molecule has 0 amide bonds. The van der Waals surface area contributed by atoms with Gasteiger partial charge < -0.3 is 28.4 Å². The summed E-state index contributed by atoms with van der Waals surface area (Å²) in [4.78, 5) is 59.8. The van der Waals surface area contributed by atoms with Crippen LogP contribution in [0, 0.1) is 0 Å². The molecule has 2 aliphatic heterocycles. The van der Waals surface area contributed by atoms with Crippen LogP contribution in [0.5, 0.6) is 0 Å². The van der Waals surface area contributed by atoms with E-state index < -0.39 is 24.1 Å². The summed E-state index contributed by atoms with van der Waals surface area (Å²) < 4.78 is 34.2. The number of rotatable bonds is 31. The molecule has 0 radical (unpaired) electrons. The van der Waals surface area contributed by atoms with Crippen LogP contribution in [0.4, 0.5) is 0 Å². The van der Waals surface area contributed by atoms with Gasteiger partial charge in [0.05, 0.1) is 12.2 Å². The van der Waals surface area contributed by atoms with E-state index in [-0.39, 0.29) is 48.4 Å². The summed E-state index contributed by atoms with van der Waals surface area (Å²) >= 11 is 0. The molecule has 0 bridgehead atoms. The van der Waals surface area contributed by atoms with Crippen molar-refractivity contribution in [2.75, 3.05) is 0 Å². The normalized spacial score (nSPS) is 20.2. The van der Waals surface area contributed by atoms with Crippen LogP contribution in [0.3, 0.4) is 0 Å². The second kappa shape index (κ2) is 29.1. The van der Waals surface area contributed by atoms with Gasteiger partial charge in [-0.05, 0) is 103 Å². The Bertz CT molecular complexity index is 1230. The highest BCUT2D eigenvalue weighted by atomic mass is 16.6. The summed E-state index contributed by atoms with van der Waals surface area (Å²) in [7, 11) is 0. The molecule has 2 heterocycles. The molecule has 0 N–H and O–H groups in total. The Labute approximate surface area is 337 Å². The smallest absolute Gasteiger partial charge is 0.334 e. The number of hydrogen-bond acceptors (Lipinski definition) is 11. The lowest BCUT2D eigenvalue weighted by Crippen LogP contribution is -2.35. The number of esters is 5. The van der Waals surface area contributed by atoms with Gasteiger partial charge in [0.2, 0.25) is 0 Å². The van der Waals surface area contributed by atoms with Crippen LogP contribution in [0.2, 0.25) is 0 Å². The third-order valence-corrected chi connectivity index (χ3v) is 10.5. The van der Waals surface area contributed by atoms with Crippen molar-refractivity contribution in [1.29, 1.82) is 0 Å². The average molecular weight is 791 g/mol. The van der Waals surface area contributed by atoms with Gasteiger partial charge in [0.15, 0.2) is 0 Å². The fourth-order valence-corrected chi connectivity index (χ4v) is 7.78. The standard InChI is InChI=1S/C45H74O11/c1-7-8-9-10-11-12-13-14-15-18-21-27-42(54-36(5)48)44-30-29-39(56-44)25-23-28-43(55-37(6)49)41(53-35(4)47)26-22-19-16-17-20-24-40(52-34(3)46)32-38-31-33(2)51-45(38)50/h10-11,31,33,39-44H,7-9,12-30,32H2,1-6H3/b11-10-/t33?,39-,40?,41-,42+,43-,44+/m1/s1. The molecule has 0 aromatic carbocycles. The Morgan fingerprint density at radius 3 is 1.79 bits per heavy atom. The second-order valence-electron chi connectivity index (χ2n) is 15.8. The zero-order chi connectivity index (χ0) is 41.1. The summed E-state index contributed by atoms with van der Waals surface area (Å²) in [6.07, 6.45) is 25.4. The zero-order valence-electron chi connectivity index (χ0n) is 35.5. The van der Waals surface area contributed by atoms with Gasteiger partial charge in [-0.15, -0.1) is 0 Å². The number of allylic oxidation sites excluding steroid dienone is 2. The summed E-state index contributed by atoms with van der Waals surface area (Å²) in [6, 6.07) is 0. The topological polar surface area (TPSA) is 141 Å². The molecule has 0 saturated carbocycles. The van der Waals surface area contributed by atoms with Crippen molar-refractivity contribution < 1.29 is 52.4 Å². The molecule has 56 heavy (non-hydrogen) atoms. The summed E-state index contributed by atoms with van der Waals surface area (Å²) in [5, 5.41) is 0. The molecule has 0 aromatic rings. The van der Waals surface area contributed by atoms with Crippen LogP contribution < -0.4 is 0 Å². The predicted octanol–water partition coefficient (Wildman–Crippen LogP) is 9.90. The molecule has 0 aromatic heterocycles. The van der Waals surface area contributed by atoms with Gasteiger partial charge in [0.25, 0.3) is 0 Å². The lowest BCUT2D eigenvalue weighted by Gasteiger charge is -2.27. The Balaban J connectivity index is 1.76. The molecule has 1 saturated heterocycles. The van der Waals surface area contributed by atoms with E-state index in [1.165, 1.54) is 66.2 Å². The quantitative estimate of drug-likeness (QED) is 0.0287. The molecular weight excluding hydrogens is 716 g/mol. The van der Waals surface area contributed by atoms with E-state index in [9.17, 15) is 24.0 Å². The number of hydrogen-bond donors (Lipinski definition) is 0. The van der Waals surface area contributed by atoms with Crippen molar-refractivity contribution in [1.82, 2.24) is 0 Å². The third-order valence-electron chi connectivity index (χ3n) is 10.5. The molecule has 1 fully saturated rings. The number of unbranched alkanes of at least 4 members (excludes halogenated alkanes) is 11. The highest BCUT2D eigenvalue weighted by molar-refractivity contribution is 5.91. The van der Waals surface area contributed by atoms with Gasteiger partial charge in [-0.3, -0.25) is 19.2 Å². The Hall–Kier alpha value is -3.21. The summed E-state index contributed by atoms with van der Waals surface area (Å²) in [6.45, 7) is 9.60. The Kier molecular flexibility index (Phi) is 25.4. The van der Waals surface area contributed by atoms with Crippen LogP contribution in [0.25, 0.3) is 0 Å². The van der Waals surface area contributed by atoms with Crippen LogP contribution in [-0.2, 0) is 52.4 Å². The summed E-state index contributed by atoms with van der Waals surface area (Å²) in [5.74, 6) is -1.82. The third kappa shape index (κ3) is 22.5. The maximum Gasteiger partial charge on any atom is 0.334 e. The number of carbonyl (C=O) groups excluding carboxylic acids is 5. The molecule has 7 atom stereocenters. The van der Waals surface area contributed by atoms with Crippen LogP contribution in [0.1, 0.15) is 189 Å². The fourth-order valence-electron chi connectivity index (χ4n) is 7.78. The number of carbonyl (C=O) groups is 5. The molecule has 11 heteroatoms. The van der Waals surface area contributed by atoms with E-state index in [1.54, 1.807) is 13.0 Å². The monoisotopic (exact) mass is 791 g/mol. The van der Waals surface area contributed by atoms with Crippen molar-refractivity contribution in [3.63, 3.8) is 0 Å². The molecule has 2 aliphatic rings. The number of cyclic esters (lactones) is 1. The molecule has 0 aliphatic carbocycles. The van der Waals surface area contributed by atoms with Crippen LogP contribution in [-0.4, -0.2) is 72.6 Å². The minimum atomic E-state index is -0.553. The van der Waals surface area contributed by atoms with Gasteiger partial charge in [0, 0.05) is 39.7 Å². The Morgan fingerprint density at radius 1 is 0.679 bits per heavy atom. The average Bonchev–Trinajstić information content (AvgIpc) is 3.72. The van der Waals surface area contributed by atoms with E-state index in [4.69, 9.17) is 28.4 Å². The highest BCUT2D eigenvalue weighted by Crippen LogP contribution is 2.30. The molecule has 11 nitrogen and oxygen atoms in total. The van der Waals surface area contributed by atoms with E-state index in [2.05, 4.69) is 19.1 Å². The van der Waals surface area contributed by atoms with Crippen molar-refractivity contribution in [2.24, 2.45) is 0 Å². The molecule has 0 spiro atoms. The first-order chi connectivity index (χ1) is 26.9. The van der Waals surface area contributed by atoms with Crippen molar-refractivity contribution in [3.8, 4) is 0 Å². The summed E-state index contributed by atoms with van der Waals surface area (Å²) in [5.41, 5.74) is 0.555. The first-order valence-electron chi connectivity index (χ1n) is 21.8. The molecule has 2 rings (SSSR count). The molecule has 320 valence electrons. The SMILES string of the molecule is CCCC/C=C\CCCCCCC[C@H](OC(C)=O)[C@@H]1CC[C@@H](CCC[C@@H](OC(C)=O)[C@@H](CCCCCCCC(CC2=CC(C)OC2=O)OC(C)=O)OC(C)=O)O1. The predicted molar refractivity (Wildman–Crippen MR) is 216 cm³/mol. The van der Waals surface area contributed by atoms with E-state index in [0.717, 1.165) is 83.5 Å².